The molecule has 4 aromatic heterocycles. The molecule has 65 heavy (non-hydrogen) atoms. The molecule has 1 N–H and O–H groups in total. The first-order valence-corrected chi connectivity index (χ1v) is 21.7. The number of carbonyl (C=O) groups excluding carboxylic acids is 1. The zero-order valence-corrected chi connectivity index (χ0v) is 37.0. The summed E-state index contributed by atoms with van der Waals surface area (Å²) in [6.07, 6.45) is 8.39. The molecular formula is C56H46ClN5O3. The molecule has 0 aliphatic heterocycles. The molecule has 0 fully saturated rings. The molecule has 1 amide bonds. The van der Waals surface area contributed by atoms with E-state index in [2.05, 4.69) is 162 Å². The Labute approximate surface area is 383 Å². The second-order valence-corrected chi connectivity index (χ2v) is 16.4. The molecule has 0 unspecified atom stereocenters. The number of aromatic nitrogens is 4. The van der Waals surface area contributed by atoms with Crippen LogP contribution >= 0.6 is 11.6 Å². The van der Waals surface area contributed by atoms with Crippen molar-refractivity contribution in [2.24, 2.45) is 0 Å². The lowest BCUT2D eigenvalue weighted by Crippen LogP contribution is -2.05. The molecule has 0 aliphatic carbocycles. The summed E-state index contributed by atoms with van der Waals surface area (Å²) in [5.74, 6) is 1.46. The minimum Gasteiger partial charge on any atom is -0.489 e. The van der Waals surface area contributed by atoms with Gasteiger partial charge in [-0.15, -0.1) is 0 Å². The number of ether oxygens (including phenoxy) is 2. The van der Waals surface area contributed by atoms with Gasteiger partial charge in [-0.2, -0.15) is 0 Å². The van der Waals surface area contributed by atoms with E-state index in [-0.39, 0.29) is 5.91 Å². The van der Waals surface area contributed by atoms with Crippen molar-refractivity contribution in [3.63, 3.8) is 0 Å². The van der Waals surface area contributed by atoms with Crippen LogP contribution in [-0.2, 0) is 18.0 Å². The number of halogens is 1. The number of pyridine rings is 2. The summed E-state index contributed by atoms with van der Waals surface area (Å²) in [4.78, 5) is 20.7. The Morgan fingerprint density at radius 1 is 0.508 bits per heavy atom. The highest BCUT2D eigenvalue weighted by Crippen LogP contribution is 2.28. The van der Waals surface area contributed by atoms with E-state index in [9.17, 15) is 4.79 Å². The Bertz CT molecular complexity index is 3230. The van der Waals surface area contributed by atoms with E-state index in [1.807, 2.05) is 60.7 Å². The van der Waals surface area contributed by atoms with Gasteiger partial charge in [0.05, 0.1) is 11.4 Å². The lowest BCUT2D eigenvalue weighted by atomic mass is 10.1. The summed E-state index contributed by atoms with van der Waals surface area (Å²) >= 11 is 5.94. The van der Waals surface area contributed by atoms with Gasteiger partial charge in [0.15, 0.2) is 0 Å². The summed E-state index contributed by atoms with van der Waals surface area (Å²) in [6, 6.07) is 56.8. The van der Waals surface area contributed by atoms with E-state index in [1.165, 1.54) is 18.1 Å². The number of anilines is 1. The van der Waals surface area contributed by atoms with E-state index in [0.29, 0.717) is 18.2 Å². The van der Waals surface area contributed by atoms with E-state index in [4.69, 9.17) is 31.0 Å². The summed E-state index contributed by atoms with van der Waals surface area (Å²) < 4.78 is 16.0. The van der Waals surface area contributed by atoms with Crippen LogP contribution < -0.4 is 14.8 Å². The number of hydrogen-bond donors (Lipinski definition) is 1. The van der Waals surface area contributed by atoms with Crippen LogP contribution in [0.2, 0.25) is 5.02 Å². The Balaban J connectivity index is 0.000000165. The lowest BCUT2D eigenvalue weighted by molar-refractivity contribution is -0.114. The first kappa shape index (κ1) is 42.4. The number of aryl methyl sites for hydroxylation is 2. The van der Waals surface area contributed by atoms with Crippen LogP contribution in [0, 0.1) is 13.8 Å². The first-order chi connectivity index (χ1) is 31.7. The zero-order valence-electron chi connectivity index (χ0n) is 36.3. The number of benzene rings is 6. The number of imidazole rings is 2. The Morgan fingerprint density at radius 3 is 1.38 bits per heavy atom. The van der Waals surface area contributed by atoms with Crippen molar-refractivity contribution < 1.29 is 14.3 Å². The summed E-state index contributed by atoms with van der Waals surface area (Å²) in [6.45, 7) is 6.63. The van der Waals surface area contributed by atoms with Crippen LogP contribution in [0.15, 0.2) is 195 Å². The predicted octanol–water partition coefficient (Wildman–Crippen LogP) is 13.7. The monoisotopic (exact) mass is 871 g/mol. The van der Waals surface area contributed by atoms with Crippen molar-refractivity contribution in [2.45, 2.75) is 34.0 Å². The van der Waals surface area contributed by atoms with Gasteiger partial charge in [0.25, 0.3) is 0 Å². The number of nitrogens with zero attached hydrogens (tertiary/aromatic N) is 4. The van der Waals surface area contributed by atoms with Gasteiger partial charge in [-0.05, 0) is 132 Å². The van der Waals surface area contributed by atoms with E-state index in [0.717, 1.165) is 84.4 Å². The van der Waals surface area contributed by atoms with Crippen LogP contribution in [0.4, 0.5) is 5.69 Å². The number of nitrogens with one attached hydrogen (secondary N) is 1. The standard InChI is InChI=1S/C29H25N3O2.C27H21ClN2O/c1-20-6-8-23(9-7-20)28-18-32-17-25(10-15-29(32)31-28)24-5-3-4-22(16-24)19-34-27-13-11-26(12-14-27)30-21(2)33;1-19-5-7-21(8-6-19)26-17-30-16-23(9-14-27(30)29-26)22-4-2-3-20(15-22)18-31-25-12-10-24(28)11-13-25/h3-18H,19H2,1-2H3,(H,30,33);2-17H,18H2,1H3. The highest BCUT2D eigenvalue weighted by Gasteiger charge is 2.09. The van der Waals surface area contributed by atoms with Gasteiger partial charge in [-0.25, -0.2) is 9.97 Å². The quantitative estimate of drug-likeness (QED) is 0.140. The van der Waals surface area contributed by atoms with Crippen LogP contribution in [0.25, 0.3) is 56.1 Å². The summed E-state index contributed by atoms with van der Waals surface area (Å²) in [7, 11) is 0. The van der Waals surface area contributed by atoms with Crippen molar-refractivity contribution in [2.75, 3.05) is 5.32 Å². The molecule has 10 rings (SSSR count). The fourth-order valence-electron chi connectivity index (χ4n) is 7.44. The molecule has 0 saturated carbocycles. The molecular weight excluding hydrogens is 826 g/mol. The van der Waals surface area contributed by atoms with E-state index < -0.39 is 0 Å². The summed E-state index contributed by atoms with van der Waals surface area (Å²) in [5, 5.41) is 3.46. The van der Waals surface area contributed by atoms with Gasteiger partial charge in [0.1, 0.15) is 36.0 Å². The molecule has 0 bridgehead atoms. The predicted molar refractivity (Wildman–Crippen MR) is 262 cm³/mol. The highest BCUT2D eigenvalue weighted by atomic mass is 35.5. The largest absolute Gasteiger partial charge is 0.489 e. The topological polar surface area (TPSA) is 82.2 Å². The average molecular weight is 872 g/mol. The molecule has 0 spiro atoms. The van der Waals surface area contributed by atoms with E-state index >= 15 is 0 Å². The summed E-state index contributed by atoms with van der Waals surface area (Å²) in [5.41, 5.74) is 16.0. The minimum absolute atomic E-state index is 0.0919. The van der Waals surface area contributed by atoms with Crippen LogP contribution in [0.5, 0.6) is 11.5 Å². The third-order valence-electron chi connectivity index (χ3n) is 10.9. The molecule has 0 atom stereocenters. The Morgan fingerprint density at radius 2 is 0.938 bits per heavy atom. The number of carbonyl (C=O) groups is 1. The molecule has 320 valence electrons. The third kappa shape index (κ3) is 10.6. The Kier molecular flexibility index (Phi) is 12.5. The number of hydrogen-bond acceptors (Lipinski definition) is 5. The Hall–Kier alpha value is -7.94. The molecule has 0 radical (unpaired) electrons. The van der Waals surface area contributed by atoms with Crippen molar-refractivity contribution in [1.29, 1.82) is 0 Å². The van der Waals surface area contributed by atoms with E-state index in [1.54, 1.807) is 0 Å². The normalized spacial score (nSPS) is 11.0. The minimum atomic E-state index is -0.0919. The van der Waals surface area contributed by atoms with Crippen molar-refractivity contribution in [3.05, 3.63) is 222 Å². The molecule has 0 aliphatic rings. The molecule has 8 nitrogen and oxygen atoms in total. The lowest BCUT2D eigenvalue weighted by Gasteiger charge is -2.09. The van der Waals surface area contributed by atoms with Gasteiger partial charge in [0, 0.05) is 53.5 Å². The fraction of sp³-hybridized carbons (Fsp3) is 0.0893. The average Bonchev–Trinajstić information content (AvgIpc) is 3.96. The molecule has 6 aromatic carbocycles. The first-order valence-electron chi connectivity index (χ1n) is 21.4. The maximum absolute atomic E-state index is 11.2. The second-order valence-electron chi connectivity index (χ2n) is 16.0. The molecule has 0 saturated heterocycles. The fourth-order valence-corrected chi connectivity index (χ4v) is 7.56. The third-order valence-corrected chi connectivity index (χ3v) is 11.2. The van der Waals surface area contributed by atoms with Gasteiger partial charge in [-0.1, -0.05) is 108 Å². The number of fused-ring (bicyclic) bond motifs is 2. The molecule has 10 aromatic rings. The zero-order chi connectivity index (χ0) is 44.7. The smallest absolute Gasteiger partial charge is 0.221 e. The van der Waals surface area contributed by atoms with Crippen LogP contribution in [-0.4, -0.2) is 24.7 Å². The highest BCUT2D eigenvalue weighted by molar-refractivity contribution is 6.30. The maximum atomic E-state index is 11.2. The van der Waals surface area contributed by atoms with Crippen molar-refractivity contribution in [1.82, 2.24) is 18.8 Å². The van der Waals surface area contributed by atoms with Crippen LogP contribution in [0.1, 0.15) is 29.2 Å². The second kappa shape index (κ2) is 19.2. The number of rotatable bonds is 11. The van der Waals surface area contributed by atoms with Gasteiger partial charge >= 0.3 is 0 Å². The molecule has 4 heterocycles. The SMILES string of the molecule is CC(=O)Nc1ccc(OCc2cccc(-c3ccc4nc(-c5ccc(C)cc5)cn4c3)c2)cc1.Cc1ccc(-c2cn3cc(-c4cccc(COc5ccc(Cl)cc5)c4)ccc3n2)cc1. The van der Waals surface area contributed by atoms with Crippen LogP contribution in [0.3, 0.4) is 0 Å². The van der Waals surface area contributed by atoms with Crippen molar-refractivity contribution in [3.8, 4) is 56.3 Å². The van der Waals surface area contributed by atoms with Gasteiger partial charge in [-0.3, -0.25) is 4.79 Å². The number of amides is 1. The molecule has 9 heteroatoms. The van der Waals surface area contributed by atoms with Crippen molar-refractivity contribution >= 4 is 34.5 Å². The van der Waals surface area contributed by atoms with Gasteiger partial charge < -0.3 is 23.6 Å². The van der Waals surface area contributed by atoms with Gasteiger partial charge in [0.2, 0.25) is 5.91 Å². The maximum Gasteiger partial charge on any atom is 0.221 e.